The molecule has 1 aliphatic rings. The summed E-state index contributed by atoms with van der Waals surface area (Å²) < 4.78 is 33.1. The molecule has 3 aromatic rings. The van der Waals surface area contributed by atoms with Crippen molar-refractivity contribution in [2.24, 2.45) is 0 Å². The van der Waals surface area contributed by atoms with Crippen LogP contribution in [0.4, 0.5) is 0 Å². The van der Waals surface area contributed by atoms with Gasteiger partial charge in [-0.2, -0.15) is 0 Å². The second kappa shape index (κ2) is 6.78. The van der Waals surface area contributed by atoms with E-state index in [1.807, 2.05) is 12.1 Å². The number of fused-ring (bicyclic) bond motifs is 1. The number of rotatable bonds is 3. The summed E-state index contributed by atoms with van der Waals surface area (Å²) in [5.74, 6) is 0.391. The molecule has 134 valence electrons. The molecule has 0 atom stereocenters. The van der Waals surface area contributed by atoms with Crippen LogP contribution in [-0.2, 0) is 9.84 Å². The Morgan fingerprint density at radius 3 is 2.69 bits per heavy atom. The van der Waals surface area contributed by atoms with E-state index in [0.29, 0.717) is 12.9 Å². The Labute approximate surface area is 155 Å². The normalized spacial score (nSPS) is 17.3. The van der Waals surface area contributed by atoms with Gasteiger partial charge in [0.2, 0.25) is 9.84 Å². The van der Waals surface area contributed by atoms with E-state index in [0.717, 1.165) is 36.8 Å². The van der Waals surface area contributed by atoms with Crippen molar-refractivity contribution in [3.05, 3.63) is 60.4 Å². The maximum atomic E-state index is 12.8. The summed E-state index contributed by atoms with van der Waals surface area (Å²) in [4.78, 5) is 10.8. The summed E-state index contributed by atoms with van der Waals surface area (Å²) in [5, 5.41) is 0.859. The lowest BCUT2D eigenvalue weighted by Gasteiger charge is -2.29. The minimum absolute atomic E-state index is 0.0325. The number of pyridine rings is 2. The van der Waals surface area contributed by atoms with Crippen LogP contribution in [0.2, 0.25) is 0 Å². The Morgan fingerprint density at radius 1 is 1.12 bits per heavy atom. The highest BCUT2D eigenvalue weighted by molar-refractivity contribution is 7.91. The van der Waals surface area contributed by atoms with E-state index in [4.69, 9.17) is 1.37 Å². The second-order valence-corrected chi connectivity index (χ2v) is 8.55. The number of benzene rings is 1. The molecule has 26 heavy (non-hydrogen) atoms. The minimum Gasteiger partial charge on any atom is -0.306 e. The Hall–Kier alpha value is -2.31. The number of para-hydroxylation sites is 1. The van der Waals surface area contributed by atoms with Gasteiger partial charge < -0.3 is 4.90 Å². The fourth-order valence-corrected chi connectivity index (χ4v) is 4.68. The van der Waals surface area contributed by atoms with Crippen LogP contribution in [-0.4, -0.2) is 43.4 Å². The van der Waals surface area contributed by atoms with Crippen LogP contribution < -0.4 is 0 Å². The maximum Gasteiger partial charge on any atom is 0.225 e. The smallest absolute Gasteiger partial charge is 0.225 e. The number of hydrogen-bond donors (Lipinski definition) is 0. The van der Waals surface area contributed by atoms with Crippen LogP contribution in [0.5, 0.6) is 0 Å². The molecule has 1 saturated heterocycles. The molecule has 1 aromatic carbocycles. The lowest BCUT2D eigenvalue weighted by atomic mass is 9.88. The van der Waals surface area contributed by atoms with Crippen LogP contribution in [0.25, 0.3) is 10.9 Å². The number of likely N-dealkylation sites (tertiary alicyclic amines) is 1. The van der Waals surface area contributed by atoms with Crippen molar-refractivity contribution in [3.63, 3.8) is 0 Å². The van der Waals surface area contributed by atoms with E-state index in [-0.39, 0.29) is 9.92 Å². The molecular weight excluding hydrogens is 346 g/mol. The van der Waals surface area contributed by atoms with Crippen LogP contribution in [0.15, 0.2) is 64.8 Å². The summed E-state index contributed by atoms with van der Waals surface area (Å²) in [5.41, 5.74) is 2.03. The molecule has 0 unspecified atom stereocenters. The molecule has 0 aliphatic carbocycles. The van der Waals surface area contributed by atoms with Gasteiger partial charge in [0, 0.05) is 19.2 Å². The zero-order valence-corrected chi connectivity index (χ0v) is 15.2. The van der Waals surface area contributed by atoms with E-state index in [9.17, 15) is 8.42 Å². The molecule has 3 heterocycles. The molecule has 0 bridgehead atoms. The average molecular weight is 369 g/mol. The lowest BCUT2D eigenvalue weighted by Crippen LogP contribution is -2.29. The van der Waals surface area contributed by atoms with Gasteiger partial charge in [-0.1, -0.05) is 24.3 Å². The molecule has 0 N–H and O–H groups in total. The first kappa shape index (κ1) is 15.9. The van der Waals surface area contributed by atoms with E-state index in [2.05, 4.69) is 20.9 Å². The quantitative estimate of drug-likeness (QED) is 0.709. The van der Waals surface area contributed by atoms with Gasteiger partial charge in [0.25, 0.3) is 0 Å². The van der Waals surface area contributed by atoms with Gasteiger partial charge in [-0.15, -0.1) is 0 Å². The molecule has 5 nitrogen and oxygen atoms in total. The Morgan fingerprint density at radius 2 is 1.96 bits per heavy atom. The van der Waals surface area contributed by atoms with Crippen molar-refractivity contribution >= 4 is 20.7 Å². The predicted octanol–water partition coefficient (Wildman–Crippen LogP) is 3.27. The molecule has 6 heteroatoms. The van der Waals surface area contributed by atoms with Gasteiger partial charge in [-0.05, 0) is 62.6 Å². The van der Waals surface area contributed by atoms with Crippen LogP contribution in [0, 0.1) is 0 Å². The molecule has 0 saturated carbocycles. The predicted molar refractivity (Wildman–Crippen MR) is 101 cm³/mol. The lowest BCUT2D eigenvalue weighted by molar-refractivity contribution is 0.256. The summed E-state index contributed by atoms with van der Waals surface area (Å²) in [6.07, 6.45) is 4.90. The molecule has 0 amide bonds. The third-order valence-corrected chi connectivity index (χ3v) is 6.60. The Kier molecular flexibility index (Phi) is 4.15. The van der Waals surface area contributed by atoms with Crippen LogP contribution in [0.1, 0.15) is 25.7 Å². The average Bonchev–Trinajstić information content (AvgIpc) is 2.73. The second-order valence-electron chi connectivity index (χ2n) is 6.65. The largest absolute Gasteiger partial charge is 0.306 e. The van der Waals surface area contributed by atoms with Crippen molar-refractivity contribution in [1.82, 2.24) is 14.9 Å². The Bertz CT molecular complexity index is 1050. The fraction of sp³-hybridized carbons (Fsp3) is 0.300. The zero-order valence-electron chi connectivity index (χ0n) is 15.4. The standard InChI is InChI=1S/C20H21N3O2S/c1-23-11-8-15(9-12-23)18-6-4-5-16-13-17(14-22-20(16)18)26(24,25)19-7-2-3-10-21-19/h2-7,10,13-15H,8-9,11-12H2,1H3/i1T. The first-order chi connectivity index (χ1) is 13.1. The monoisotopic (exact) mass is 369 g/mol. The van der Waals surface area contributed by atoms with Gasteiger partial charge in [-0.3, -0.25) is 4.98 Å². The van der Waals surface area contributed by atoms with Gasteiger partial charge in [-0.25, -0.2) is 13.4 Å². The molecule has 0 radical (unpaired) electrons. The van der Waals surface area contributed by atoms with Crippen LogP contribution >= 0.6 is 0 Å². The van der Waals surface area contributed by atoms with Crippen molar-refractivity contribution in [2.45, 2.75) is 28.7 Å². The summed E-state index contributed by atoms with van der Waals surface area (Å²) in [7, 11) is -3.34. The first-order valence-corrected chi connectivity index (χ1v) is 10.1. The van der Waals surface area contributed by atoms with Crippen molar-refractivity contribution < 1.29 is 9.79 Å². The van der Waals surface area contributed by atoms with Gasteiger partial charge in [0.15, 0.2) is 5.03 Å². The van der Waals surface area contributed by atoms with Gasteiger partial charge >= 0.3 is 0 Å². The van der Waals surface area contributed by atoms with Gasteiger partial charge in [0.05, 0.1) is 10.4 Å². The number of nitrogens with zero attached hydrogens (tertiary/aromatic N) is 3. The van der Waals surface area contributed by atoms with Crippen LogP contribution in [0.3, 0.4) is 0 Å². The highest BCUT2D eigenvalue weighted by Gasteiger charge is 2.23. The highest BCUT2D eigenvalue weighted by Crippen LogP contribution is 2.33. The SMILES string of the molecule is [3H]CN1CCC(c2cccc3cc(S(=O)(=O)c4ccccn4)cnc23)CC1. The van der Waals surface area contributed by atoms with E-state index in [1.54, 1.807) is 18.2 Å². The number of aromatic nitrogens is 2. The number of piperidine rings is 1. The van der Waals surface area contributed by atoms with Crippen molar-refractivity contribution in [2.75, 3.05) is 20.1 Å². The molecule has 4 rings (SSSR count). The highest BCUT2D eigenvalue weighted by atomic mass is 32.2. The zero-order chi connectivity index (χ0) is 18.9. The first-order valence-electron chi connectivity index (χ1n) is 9.36. The van der Waals surface area contributed by atoms with Crippen molar-refractivity contribution in [1.29, 1.82) is 0 Å². The van der Waals surface area contributed by atoms with E-state index >= 15 is 0 Å². The molecule has 1 aliphatic heterocycles. The summed E-state index contributed by atoms with van der Waals surface area (Å²) >= 11 is 0. The number of sulfone groups is 1. The maximum absolute atomic E-state index is 12.8. The Balaban J connectivity index is 1.71. The summed E-state index contributed by atoms with van der Waals surface area (Å²) in [6.45, 7) is 1.83. The molecular formula is C20H21N3O2S. The molecule has 2 aromatic heterocycles. The minimum atomic E-state index is -3.68. The third kappa shape index (κ3) is 3.10. The van der Waals surface area contributed by atoms with E-state index < -0.39 is 9.84 Å². The fourth-order valence-electron chi connectivity index (χ4n) is 3.51. The summed E-state index contributed by atoms with van der Waals surface area (Å²) in [6, 6.07) is 12.5. The van der Waals surface area contributed by atoms with Gasteiger partial charge in [0.1, 0.15) is 0 Å². The molecule has 0 spiro atoms. The van der Waals surface area contributed by atoms with E-state index in [1.165, 1.54) is 24.0 Å². The third-order valence-electron chi connectivity index (χ3n) is 4.97. The topological polar surface area (TPSA) is 63.2 Å². The number of hydrogen-bond acceptors (Lipinski definition) is 5. The molecule has 1 fully saturated rings. The van der Waals surface area contributed by atoms with Crippen molar-refractivity contribution in [3.8, 4) is 0 Å².